The molecule has 2 amide bonds. The van der Waals surface area contributed by atoms with Crippen molar-refractivity contribution >= 4 is 40.7 Å². The minimum Gasteiger partial charge on any atom is -0.353 e. The van der Waals surface area contributed by atoms with Gasteiger partial charge in [-0.05, 0) is 31.0 Å². The molecule has 0 spiro atoms. The number of rotatable bonds is 5. The van der Waals surface area contributed by atoms with Gasteiger partial charge in [0.2, 0.25) is 11.8 Å². The minimum atomic E-state index is -0.150. The minimum absolute atomic E-state index is 0.0353. The molecule has 1 aliphatic carbocycles. The van der Waals surface area contributed by atoms with Crippen molar-refractivity contribution in [3.05, 3.63) is 28.2 Å². The van der Waals surface area contributed by atoms with Crippen LogP contribution in [0.1, 0.15) is 26.2 Å². The van der Waals surface area contributed by atoms with Gasteiger partial charge in [0.1, 0.15) is 0 Å². The summed E-state index contributed by atoms with van der Waals surface area (Å²) in [7, 11) is 0. The molecule has 1 aromatic rings. The van der Waals surface area contributed by atoms with Crippen LogP contribution in [0.25, 0.3) is 0 Å². The lowest BCUT2D eigenvalue weighted by Gasteiger charge is -2.21. The summed E-state index contributed by atoms with van der Waals surface area (Å²) in [6.45, 7) is 1.76. The van der Waals surface area contributed by atoms with Crippen LogP contribution in [0.3, 0.4) is 0 Å². The van der Waals surface area contributed by atoms with Gasteiger partial charge in [0, 0.05) is 41.7 Å². The molecule has 0 heterocycles. The summed E-state index contributed by atoms with van der Waals surface area (Å²) in [6, 6.07) is 5.25. The molecule has 0 atom stereocenters. The Bertz CT molecular complexity index is 510. The van der Waals surface area contributed by atoms with Gasteiger partial charge in [-0.2, -0.15) is 0 Å². The normalized spacial score (nSPS) is 13.9. The second-order valence-electron chi connectivity index (χ2n) is 4.89. The van der Waals surface area contributed by atoms with E-state index in [9.17, 15) is 9.59 Å². The first-order valence-electron chi connectivity index (χ1n) is 6.49. The molecule has 0 saturated heterocycles. The molecule has 2 rings (SSSR count). The molecule has 4 nitrogen and oxygen atoms in total. The molecule has 6 heteroatoms. The summed E-state index contributed by atoms with van der Waals surface area (Å²) in [5.74, 6) is -0.186. The van der Waals surface area contributed by atoms with Crippen LogP contribution in [-0.2, 0) is 9.59 Å². The van der Waals surface area contributed by atoms with Crippen LogP contribution in [-0.4, -0.2) is 24.4 Å². The van der Waals surface area contributed by atoms with E-state index in [4.69, 9.17) is 23.2 Å². The van der Waals surface area contributed by atoms with Crippen LogP contribution < -0.4 is 10.2 Å². The third-order valence-electron chi connectivity index (χ3n) is 3.04. The van der Waals surface area contributed by atoms with E-state index < -0.39 is 0 Å². The van der Waals surface area contributed by atoms with Gasteiger partial charge < -0.3 is 10.2 Å². The maximum absolute atomic E-state index is 11.7. The quantitative estimate of drug-likeness (QED) is 0.908. The smallest absolute Gasteiger partial charge is 0.223 e. The van der Waals surface area contributed by atoms with Gasteiger partial charge in [0.15, 0.2) is 0 Å². The van der Waals surface area contributed by atoms with Crippen molar-refractivity contribution in [2.24, 2.45) is 0 Å². The molecule has 1 aliphatic rings. The lowest BCUT2D eigenvalue weighted by atomic mass is 10.2. The number of amides is 2. The van der Waals surface area contributed by atoms with Crippen LogP contribution in [0.5, 0.6) is 0 Å². The average molecular weight is 315 g/mol. The van der Waals surface area contributed by atoms with Crippen LogP contribution in [0.15, 0.2) is 18.2 Å². The number of benzene rings is 1. The van der Waals surface area contributed by atoms with Crippen molar-refractivity contribution < 1.29 is 9.59 Å². The van der Waals surface area contributed by atoms with Gasteiger partial charge in [-0.15, -0.1) is 0 Å². The summed E-state index contributed by atoms with van der Waals surface area (Å²) in [4.78, 5) is 24.9. The van der Waals surface area contributed by atoms with E-state index in [-0.39, 0.29) is 18.2 Å². The molecule has 0 aliphatic heterocycles. The van der Waals surface area contributed by atoms with E-state index in [2.05, 4.69) is 5.32 Å². The van der Waals surface area contributed by atoms with Gasteiger partial charge in [-0.25, -0.2) is 0 Å². The predicted molar refractivity (Wildman–Crippen MR) is 80.3 cm³/mol. The first kappa shape index (κ1) is 15.1. The molecule has 108 valence electrons. The Balaban J connectivity index is 2.02. The van der Waals surface area contributed by atoms with Crippen molar-refractivity contribution in [2.75, 3.05) is 11.4 Å². The third kappa shape index (κ3) is 4.39. The van der Waals surface area contributed by atoms with Crippen molar-refractivity contribution in [3.8, 4) is 0 Å². The van der Waals surface area contributed by atoms with Gasteiger partial charge in [0.25, 0.3) is 0 Å². The second-order valence-corrected chi connectivity index (χ2v) is 5.76. The van der Waals surface area contributed by atoms with Crippen molar-refractivity contribution in [1.29, 1.82) is 0 Å². The Kier molecular flexibility index (Phi) is 4.89. The Hall–Kier alpha value is -1.26. The summed E-state index contributed by atoms with van der Waals surface area (Å²) in [5.41, 5.74) is 0.606. The van der Waals surface area contributed by atoms with Crippen LogP contribution in [0.2, 0.25) is 10.0 Å². The molecule has 1 N–H and O–H groups in total. The topological polar surface area (TPSA) is 49.4 Å². The van der Waals surface area contributed by atoms with E-state index >= 15 is 0 Å². The highest BCUT2D eigenvalue weighted by Gasteiger charge is 2.23. The summed E-state index contributed by atoms with van der Waals surface area (Å²) in [6.07, 6.45) is 2.36. The fourth-order valence-electron chi connectivity index (χ4n) is 1.90. The van der Waals surface area contributed by atoms with E-state index in [0.29, 0.717) is 28.3 Å². The highest BCUT2D eigenvalue weighted by Crippen LogP contribution is 2.26. The molecule has 0 bridgehead atoms. The molecule has 0 unspecified atom stereocenters. The first-order valence-corrected chi connectivity index (χ1v) is 7.25. The Morgan fingerprint density at radius 3 is 2.35 bits per heavy atom. The number of anilines is 1. The third-order valence-corrected chi connectivity index (χ3v) is 3.48. The highest BCUT2D eigenvalue weighted by atomic mass is 35.5. The number of halogens is 2. The number of carbonyl (C=O) groups excluding carboxylic acids is 2. The van der Waals surface area contributed by atoms with Crippen LogP contribution in [0, 0.1) is 0 Å². The molecule has 0 radical (unpaired) electrons. The van der Waals surface area contributed by atoms with E-state index in [0.717, 1.165) is 12.8 Å². The standard InChI is InChI=1S/C14H16Cl2N2O2/c1-9(19)18(5-4-14(20)17-12-2-3-12)13-7-10(15)6-11(16)8-13/h6-8,12H,2-5H2,1H3,(H,17,20). The number of hydrogen-bond donors (Lipinski definition) is 1. The van der Waals surface area contributed by atoms with Gasteiger partial charge in [-0.3, -0.25) is 9.59 Å². The number of nitrogens with one attached hydrogen (secondary N) is 1. The average Bonchev–Trinajstić information content (AvgIpc) is 3.11. The second kappa shape index (κ2) is 6.46. The summed E-state index contributed by atoms with van der Waals surface area (Å²) in [5, 5.41) is 3.81. The zero-order valence-electron chi connectivity index (χ0n) is 11.2. The maximum atomic E-state index is 11.7. The first-order chi connectivity index (χ1) is 9.45. The molecule has 0 aromatic heterocycles. The predicted octanol–water partition coefficient (Wildman–Crippen LogP) is 3.02. The molecule has 1 saturated carbocycles. The van der Waals surface area contributed by atoms with Gasteiger partial charge >= 0.3 is 0 Å². The Labute approximate surface area is 128 Å². The number of nitrogens with zero attached hydrogens (tertiary/aromatic N) is 1. The molecule has 1 fully saturated rings. The molecule has 20 heavy (non-hydrogen) atoms. The van der Waals surface area contributed by atoms with Crippen LogP contribution in [0.4, 0.5) is 5.69 Å². The Morgan fingerprint density at radius 1 is 1.25 bits per heavy atom. The fraction of sp³-hybridized carbons (Fsp3) is 0.429. The lowest BCUT2D eigenvalue weighted by Crippen LogP contribution is -2.34. The van der Waals surface area contributed by atoms with Crippen molar-refractivity contribution in [2.45, 2.75) is 32.2 Å². The maximum Gasteiger partial charge on any atom is 0.223 e. The highest BCUT2D eigenvalue weighted by molar-refractivity contribution is 6.35. The Morgan fingerprint density at radius 2 is 1.85 bits per heavy atom. The SMILES string of the molecule is CC(=O)N(CCC(=O)NC1CC1)c1cc(Cl)cc(Cl)c1. The fourth-order valence-corrected chi connectivity index (χ4v) is 2.42. The monoisotopic (exact) mass is 314 g/mol. The van der Waals surface area contributed by atoms with Gasteiger partial charge in [-0.1, -0.05) is 23.2 Å². The summed E-state index contributed by atoms with van der Waals surface area (Å²) < 4.78 is 0. The number of hydrogen-bond acceptors (Lipinski definition) is 2. The van der Waals surface area contributed by atoms with E-state index in [1.54, 1.807) is 18.2 Å². The van der Waals surface area contributed by atoms with Crippen LogP contribution >= 0.6 is 23.2 Å². The molecular formula is C14H16Cl2N2O2. The number of carbonyl (C=O) groups is 2. The lowest BCUT2D eigenvalue weighted by molar-refractivity contribution is -0.121. The van der Waals surface area contributed by atoms with E-state index in [1.165, 1.54) is 11.8 Å². The zero-order chi connectivity index (χ0) is 14.7. The largest absolute Gasteiger partial charge is 0.353 e. The van der Waals surface area contributed by atoms with Crippen molar-refractivity contribution in [3.63, 3.8) is 0 Å². The zero-order valence-corrected chi connectivity index (χ0v) is 12.7. The molecule has 1 aromatic carbocycles. The molecular weight excluding hydrogens is 299 g/mol. The van der Waals surface area contributed by atoms with Crippen molar-refractivity contribution in [1.82, 2.24) is 5.32 Å². The van der Waals surface area contributed by atoms with E-state index in [1.807, 2.05) is 0 Å². The van der Waals surface area contributed by atoms with Gasteiger partial charge in [0.05, 0.1) is 0 Å². The summed E-state index contributed by atoms with van der Waals surface area (Å²) >= 11 is 11.9.